The van der Waals surface area contributed by atoms with Crippen molar-refractivity contribution in [2.45, 2.75) is 37.0 Å². The highest BCUT2D eigenvalue weighted by atomic mass is 32.2. The Kier molecular flexibility index (Phi) is 6.47. The molecule has 1 aliphatic rings. The third kappa shape index (κ3) is 5.57. The molecule has 1 aliphatic carbocycles. The summed E-state index contributed by atoms with van der Waals surface area (Å²) in [5.41, 5.74) is 0.812. The number of anilines is 2. The molecule has 132 valence electrons. The summed E-state index contributed by atoms with van der Waals surface area (Å²) in [4.78, 5) is 29.1. The van der Waals surface area contributed by atoms with Gasteiger partial charge in [0.15, 0.2) is 5.13 Å². The zero-order chi connectivity index (χ0) is 17.5. The Morgan fingerprint density at radius 1 is 1.12 bits per heavy atom. The lowest BCUT2D eigenvalue weighted by Crippen LogP contribution is -2.24. The van der Waals surface area contributed by atoms with Crippen molar-refractivity contribution in [1.82, 2.24) is 4.98 Å². The fourth-order valence-electron chi connectivity index (χ4n) is 2.83. The Balaban J connectivity index is 1.45. The van der Waals surface area contributed by atoms with Gasteiger partial charge in [-0.25, -0.2) is 4.98 Å². The highest BCUT2D eigenvalue weighted by Crippen LogP contribution is 2.26. The van der Waals surface area contributed by atoms with Crippen LogP contribution in [0.5, 0.6) is 0 Å². The summed E-state index contributed by atoms with van der Waals surface area (Å²) in [7, 11) is 0. The van der Waals surface area contributed by atoms with Crippen molar-refractivity contribution < 1.29 is 9.59 Å². The van der Waals surface area contributed by atoms with Gasteiger partial charge in [0.05, 0.1) is 5.75 Å². The van der Waals surface area contributed by atoms with Gasteiger partial charge in [-0.2, -0.15) is 0 Å². The van der Waals surface area contributed by atoms with Crippen LogP contribution in [0.1, 0.15) is 32.1 Å². The first-order chi connectivity index (χ1) is 12.2. The van der Waals surface area contributed by atoms with Gasteiger partial charge in [0.25, 0.3) is 0 Å². The fraction of sp³-hybridized carbons (Fsp3) is 0.389. The molecule has 0 spiro atoms. The van der Waals surface area contributed by atoms with Crippen molar-refractivity contribution >= 4 is 45.7 Å². The normalized spacial score (nSPS) is 14.9. The first-order valence-electron chi connectivity index (χ1n) is 8.44. The van der Waals surface area contributed by atoms with Crippen LogP contribution in [0.4, 0.5) is 10.8 Å². The van der Waals surface area contributed by atoms with E-state index in [-0.39, 0.29) is 17.7 Å². The molecule has 2 N–H and O–H groups in total. The third-order valence-corrected chi connectivity index (χ3v) is 5.85. The molecule has 1 aromatic carbocycles. The van der Waals surface area contributed by atoms with Gasteiger partial charge >= 0.3 is 0 Å². The van der Waals surface area contributed by atoms with Crippen LogP contribution in [0, 0.1) is 5.92 Å². The second-order valence-electron chi connectivity index (χ2n) is 6.02. The average molecular weight is 376 g/mol. The zero-order valence-electron chi connectivity index (χ0n) is 13.9. The minimum absolute atomic E-state index is 0.0744. The van der Waals surface area contributed by atoms with Crippen molar-refractivity contribution in [2.75, 3.05) is 16.4 Å². The molecular formula is C18H21N3O2S2. The summed E-state index contributed by atoms with van der Waals surface area (Å²) in [5, 5.41) is 8.20. The van der Waals surface area contributed by atoms with Gasteiger partial charge in [0.2, 0.25) is 11.8 Å². The van der Waals surface area contributed by atoms with E-state index < -0.39 is 0 Å². The summed E-state index contributed by atoms with van der Waals surface area (Å²) < 4.78 is 0. The second kappa shape index (κ2) is 9.01. The van der Waals surface area contributed by atoms with Crippen molar-refractivity contribution in [3.8, 4) is 0 Å². The summed E-state index contributed by atoms with van der Waals surface area (Å²) in [6, 6.07) is 7.64. The molecule has 7 heteroatoms. The lowest BCUT2D eigenvalue weighted by Gasteiger charge is -2.20. The standard InChI is InChI=1S/C18H21N3O2S2/c22-16(21-18-19-10-11-24-18)12-25-15-8-6-14(7-9-15)20-17(23)13-4-2-1-3-5-13/h6-11,13H,1-5,12H2,(H,20,23)(H,19,21,22). The molecular weight excluding hydrogens is 354 g/mol. The first-order valence-corrected chi connectivity index (χ1v) is 10.3. The van der Waals surface area contributed by atoms with Crippen LogP contribution < -0.4 is 10.6 Å². The number of hydrogen-bond acceptors (Lipinski definition) is 5. The number of nitrogens with one attached hydrogen (secondary N) is 2. The Labute approximate surface area is 155 Å². The second-order valence-corrected chi connectivity index (χ2v) is 7.97. The molecule has 0 aliphatic heterocycles. The van der Waals surface area contributed by atoms with E-state index in [9.17, 15) is 9.59 Å². The summed E-state index contributed by atoms with van der Waals surface area (Å²) in [5.74, 6) is 0.530. The van der Waals surface area contributed by atoms with Crippen LogP contribution in [-0.4, -0.2) is 22.6 Å². The van der Waals surface area contributed by atoms with E-state index in [1.165, 1.54) is 29.5 Å². The van der Waals surface area contributed by atoms with Gasteiger partial charge in [-0.3, -0.25) is 9.59 Å². The third-order valence-electron chi connectivity index (χ3n) is 4.15. The summed E-state index contributed by atoms with van der Waals surface area (Å²) in [6.07, 6.45) is 7.19. The molecule has 25 heavy (non-hydrogen) atoms. The van der Waals surface area contributed by atoms with Gasteiger partial charge in [-0.05, 0) is 37.1 Å². The highest BCUT2D eigenvalue weighted by molar-refractivity contribution is 8.00. The van der Waals surface area contributed by atoms with Crippen LogP contribution >= 0.6 is 23.1 Å². The number of thiazole rings is 1. The molecule has 1 fully saturated rings. The van der Waals surface area contributed by atoms with Crippen molar-refractivity contribution in [2.24, 2.45) is 5.92 Å². The highest BCUT2D eigenvalue weighted by Gasteiger charge is 2.20. The number of amides is 2. The zero-order valence-corrected chi connectivity index (χ0v) is 15.5. The number of aromatic nitrogens is 1. The number of nitrogens with zero attached hydrogens (tertiary/aromatic N) is 1. The monoisotopic (exact) mass is 375 g/mol. The van der Waals surface area contributed by atoms with Gasteiger partial charge in [0.1, 0.15) is 0 Å². The van der Waals surface area contributed by atoms with Crippen LogP contribution in [0.2, 0.25) is 0 Å². The largest absolute Gasteiger partial charge is 0.326 e. The van der Waals surface area contributed by atoms with E-state index in [0.717, 1.165) is 36.3 Å². The van der Waals surface area contributed by atoms with Gasteiger partial charge in [-0.15, -0.1) is 23.1 Å². The van der Waals surface area contributed by atoms with E-state index in [1.807, 2.05) is 29.6 Å². The molecule has 3 rings (SSSR count). The van der Waals surface area contributed by atoms with E-state index in [2.05, 4.69) is 15.6 Å². The molecule has 0 unspecified atom stereocenters. The minimum Gasteiger partial charge on any atom is -0.326 e. The minimum atomic E-state index is -0.0744. The van der Waals surface area contributed by atoms with E-state index in [1.54, 1.807) is 6.20 Å². The number of rotatable bonds is 6. The lowest BCUT2D eigenvalue weighted by molar-refractivity contribution is -0.120. The summed E-state index contributed by atoms with van der Waals surface area (Å²) in [6.45, 7) is 0. The molecule has 2 aromatic rings. The number of thioether (sulfide) groups is 1. The maximum Gasteiger partial charge on any atom is 0.236 e. The van der Waals surface area contributed by atoms with Crippen molar-refractivity contribution in [3.63, 3.8) is 0 Å². The molecule has 1 aromatic heterocycles. The fourth-order valence-corrected chi connectivity index (χ4v) is 4.08. The van der Waals surface area contributed by atoms with Crippen molar-refractivity contribution in [1.29, 1.82) is 0 Å². The van der Waals surface area contributed by atoms with Crippen LogP contribution in [0.3, 0.4) is 0 Å². The molecule has 1 saturated carbocycles. The predicted molar refractivity (Wildman–Crippen MR) is 103 cm³/mol. The van der Waals surface area contributed by atoms with Gasteiger partial charge in [0, 0.05) is 28.1 Å². The number of benzene rings is 1. The van der Waals surface area contributed by atoms with E-state index in [4.69, 9.17) is 0 Å². The van der Waals surface area contributed by atoms with E-state index in [0.29, 0.717) is 10.9 Å². The maximum absolute atomic E-state index is 12.2. The average Bonchev–Trinajstić information content (AvgIpc) is 3.15. The first kappa shape index (κ1) is 17.9. The Morgan fingerprint density at radius 3 is 2.56 bits per heavy atom. The number of carbonyl (C=O) groups excluding carboxylic acids is 2. The van der Waals surface area contributed by atoms with Crippen LogP contribution in [0.25, 0.3) is 0 Å². The Bertz CT molecular complexity index is 696. The lowest BCUT2D eigenvalue weighted by atomic mass is 9.88. The molecule has 0 atom stereocenters. The number of carbonyl (C=O) groups is 2. The molecule has 1 heterocycles. The van der Waals surface area contributed by atoms with Crippen LogP contribution in [0.15, 0.2) is 40.7 Å². The van der Waals surface area contributed by atoms with E-state index >= 15 is 0 Å². The Morgan fingerprint density at radius 2 is 1.88 bits per heavy atom. The van der Waals surface area contributed by atoms with Gasteiger partial charge < -0.3 is 10.6 Å². The smallest absolute Gasteiger partial charge is 0.236 e. The SMILES string of the molecule is O=C(CSc1ccc(NC(=O)C2CCCCC2)cc1)Nc1nccs1. The molecule has 0 saturated heterocycles. The maximum atomic E-state index is 12.2. The quantitative estimate of drug-likeness (QED) is 0.735. The van der Waals surface area contributed by atoms with Crippen molar-refractivity contribution in [3.05, 3.63) is 35.8 Å². The van der Waals surface area contributed by atoms with Crippen LogP contribution in [-0.2, 0) is 9.59 Å². The molecule has 0 bridgehead atoms. The number of hydrogen-bond donors (Lipinski definition) is 2. The predicted octanol–water partition coefficient (Wildman–Crippen LogP) is 4.39. The summed E-state index contributed by atoms with van der Waals surface area (Å²) >= 11 is 2.86. The topological polar surface area (TPSA) is 71.1 Å². The molecule has 0 radical (unpaired) electrons. The van der Waals surface area contributed by atoms with Gasteiger partial charge in [-0.1, -0.05) is 19.3 Å². The Hall–Kier alpha value is -1.86. The molecule has 2 amide bonds. The molecule has 5 nitrogen and oxygen atoms in total.